The first-order chi connectivity index (χ1) is 8.03. The highest BCUT2D eigenvalue weighted by molar-refractivity contribution is 5.67. The lowest BCUT2D eigenvalue weighted by atomic mass is 9.98. The molecule has 0 spiro atoms. The van der Waals surface area contributed by atoms with Crippen molar-refractivity contribution in [3.63, 3.8) is 0 Å². The fourth-order valence-electron chi connectivity index (χ4n) is 1.63. The summed E-state index contributed by atoms with van der Waals surface area (Å²) >= 11 is 0. The minimum Gasteiger partial charge on any atom is -0.446 e. The van der Waals surface area contributed by atoms with Crippen molar-refractivity contribution >= 4 is 5.97 Å². The summed E-state index contributed by atoms with van der Waals surface area (Å²) in [6.07, 6.45) is 1.46. The number of carbonyl (C=O) groups is 1. The van der Waals surface area contributed by atoms with Crippen LogP contribution < -0.4 is 0 Å². The molecule has 0 saturated carbocycles. The molecule has 0 aliphatic rings. The first-order valence-electron chi connectivity index (χ1n) is 6.45. The molecule has 0 amide bonds. The monoisotopic (exact) mass is 239 g/mol. The standard InChI is InChI=1S/C14H25NO2/c1-6-14(7-2,17-13(5)16)11-10-12-15(8-3)9-4/h6-9,12H2,1-5H3. The lowest BCUT2D eigenvalue weighted by Gasteiger charge is -2.25. The first kappa shape index (κ1) is 16.0. The van der Waals surface area contributed by atoms with E-state index >= 15 is 0 Å². The Hall–Kier alpha value is -1.01. The molecule has 0 rings (SSSR count). The number of esters is 1. The molecule has 3 heteroatoms. The van der Waals surface area contributed by atoms with E-state index in [9.17, 15) is 4.79 Å². The molecule has 3 nitrogen and oxygen atoms in total. The van der Waals surface area contributed by atoms with E-state index in [1.54, 1.807) is 0 Å². The summed E-state index contributed by atoms with van der Waals surface area (Å²) in [6.45, 7) is 12.4. The number of nitrogens with zero attached hydrogens (tertiary/aromatic N) is 1. The van der Waals surface area contributed by atoms with Gasteiger partial charge in [0.25, 0.3) is 0 Å². The molecule has 0 atom stereocenters. The highest BCUT2D eigenvalue weighted by Crippen LogP contribution is 2.19. The molecule has 0 aliphatic heterocycles. The molecule has 0 radical (unpaired) electrons. The van der Waals surface area contributed by atoms with Crippen LogP contribution in [-0.4, -0.2) is 36.1 Å². The normalized spacial score (nSPS) is 10.9. The van der Waals surface area contributed by atoms with Crippen molar-refractivity contribution in [3.8, 4) is 11.8 Å². The maximum atomic E-state index is 11.1. The number of hydrogen-bond donors (Lipinski definition) is 0. The van der Waals surface area contributed by atoms with Gasteiger partial charge in [0.1, 0.15) is 0 Å². The number of ether oxygens (including phenoxy) is 1. The Balaban J connectivity index is 4.63. The molecule has 0 aromatic heterocycles. The van der Waals surface area contributed by atoms with Gasteiger partial charge in [-0.25, -0.2) is 0 Å². The quantitative estimate of drug-likeness (QED) is 0.527. The van der Waals surface area contributed by atoms with Gasteiger partial charge in [-0.15, -0.1) is 0 Å². The predicted octanol–water partition coefficient (Wildman–Crippen LogP) is 2.45. The summed E-state index contributed by atoms with van der Waals surface area (Å²) in [5, 5.41) is 0. The van der Waals surface area contributed by atoms with Gasteiger partial charge in [-0.3, -0.25) is 9.69 Å². The summed E-state index contributed by atoms with van der Waals surface area (Å²) < 4.78 is 5.35. The zero-order valence-corrected chi connectivity index (χ0v) is 11.8. The smallest absolute Gasteiger partial charge is 0.304 e. The average molecular weight is 239 g/mol. The fourth-order valence-corrected chi connectivity index (χ4v) is 1.63. The molecular weight excluding hydrogens is 214 g/mol. The number of carbonyl (C=O) groups excluding carboxylic acids is 1. The van der Waals surface area contributed by atoms with Crippen LogP contribution in [0.4, 0.5) is 0 Å². The molecule has 17 heavy (non-hydrogen) atoms. The van der Waals surface area contributed by atoms with Gasteiger partial charge in [0.15, 0.2) is 5.60 Å². The summed E-state index contributed by atoms with van der Waals surface area (Å²) in [4.78, 5) is 13.3. The zero-order chi connectivity index (χ0) is 13.3. The molecule has 0 N–H and O–H groups in total. The van der Waals surface area contributed by atoms with Crippen molar-refractivity contribution in [1.29, 1.82) is 0 Å². The summed E-state index contributed by atoms with van der Waals surface area (Å²) in [6, 6.07) is 0. The van der Waals surface area contributed by atoms with E-state index in [2.05, 4.69) is 30.6 Å². The lowest BCUT2D eigenvalue weighted by Crippen LogP contribution is -2.32. The summed E-state index contributed by atoms with van der Waals surface area (Å²) in [7, 11) is 0. The second-order valence-electron chi connectivity index (χ2n) is 4.06. The van der Waals surface area contributed by atoms with E-state index in [0.717, 1.165) is 32.5 Å². The Labute approximate surface area is 106 Å². The van der Waals surface area contributed by atoms with E-state index in [1.165, 1.54) is 6.92 Å². The molecule has 0 aliphatic carbocycles. The Morgan fingerprint density at radius 3 is 2.06 bits per heavy atom. The van der Waals surface area contributed by atoms with Crippen molar-refractivity contribution in [2.75, 3.05) is 19.6 Å². The Bertz CT molecular complexity index is 280. The molecule has 0 fully saturated rings. The predicted molar refractivity (Wildman–Crippen MR) is 70.6 cm³/mol. The van der Waals surface area contributed by atoms with Crippen LogP contribution in [0.5, 0.6) is 0 Å². The van der Waals surface area contributed by atoms with Crippen LogP contribution in [0.2, 0.25) is 0 Å². The highest BCUT2D eigenvalue weighted by atomic mass is 16.6. The molecule has 0 heterocycles. The van der Waals surface area contributed by atoms with Crippen LogP contribution in [-0.2, 0) is 9.53 Å². The Kier molecular flexibility index (Phi) is 7.65. The van der Waals surface area contributed by atoms with Crippen molar-refractivity contribution in [3.05, 3.63) is 0 Å². The van der Waals surface area contributed by atoms with Crippen LogP contribution in [0.1, 0.15) is 47.5 Å². The molecule has 98 valence electrons. The molecule has 0 bridgehead atoms. The van der Waals surface area contributed by atoms with E-state index in [1.807, 2.05) is 13.8 Å². The van der Waals surface area contributed by atoms with Crippen molar-refractivity contribution in [1.82, 2.24) is 4.90 Å². The largest absolute Gasteiger partial charge is 0.446 e. The van der Waals surface area contributed by atoms with Gasteiger partial charge in [0, 0.05) is 6.92 Å². The topological polar surface area (TPSA) is 29.5 Å². The average Bonchev–Trinajstić information content (AvgIpc) is 2.32. The van der Waals surface area contributed by atoms with E-state index in [0.29, 0.717) is 0 Å². The second kappa shape index (κ2) is 8.14. The highest BCUT2D eigenvalue weighted by Gasteiger charge is 2.26. The van der Waals surface area contributed by atoms with E-state index < -0.39 is 5.60 Å². The van der Waals surface area contributed by atoms with Gasteiger partial charge in [-0.2, -0.15) is 0 Å². The minimum absolute atomic E-state index is 0.258. The second-order valence-corrected chi connectivity index (χ2v) is 4.06. The maximum absolute atomic E-state index is 11.1. The van der Waals surface area contributed by atoms with Gasteiger partial charge in [-0.1, -0.05) is 39.5 Å². The van der Waals surface area contributed by atoms with Gasteiger partial charge in [0.05, 0.1) is 6.54 Å². The van der Waals surface area contributed by atoms with Crippen molar-refractivity contribution < 1.29 is 9.53 Å². The fraction of sp³-hybridized carbons (Fsp3) is 0.786. The SMILES string of the molecule is CCN(CC)CC#CC(CC)(CC)OC(C)=O. The summed E-state index contributed by atoms with van der Waals surface area (Å²) in [5.41, 5.74) is -0.598. The minimum atomic E-state index is -0.598. The Morgan fingerprint density at radius 2 is 1.71 bits per heavy atom. The molecule has 0 aromatic carbocycles. The van der Waals surface area contributed by atoms with E-state index in [-0.39, 0.29) is 5.97 Å². The van der Waals surface area contributed by atoms with Gasteiger partial charge in [-0.05, 0) is 25.9 Å². The third-order valence-corrected chi connectivity index (χ3v) is 2.99. The third-order valence-electron chi connectivity index (χ3n) is 2.99. The van der Waals surface area contributed by atoms with Crippen LogP contribution in [0.15, 0.2) is 0 Å². The van der Waals surface area contributed by atoms with Crippen molar-refractivity contribution in [2.45, 2.75) is 53.1 Å². The number of rotatable bonds is 6. The van der Waals surface area contributed by atoms with E-state index in [4.69, 9.17) is 4.74 Å². The van der Waals surface area contributed by atoms with Gasteiger partial charge in [0.2, 0.25) is 0 Å². The molecule has 0 saturated heterocycles. The first-order valence-corrected chi connectivity index (χ1v) is 6.45. The molecule has 0 aromatic rings. The zero-order valence-electron chi connectivity index (χ0n) is 11.8. The Morgan fingerprint density at radius 1 is 1.18 bits per heavy atom. The van der Waals surface area contributed by atoms with Crippen LogP contribution in [0.25, 0.3) is 0 Å². The van der Waals surface area contributed by atoms with Crippen LogP contribution in [0.3, 0.4) is 0 Å². The van der Waals surface area contributed by atoms with Crippen LogP contribution >= 0.6 is 0 Å². The molecular formula is C14H25NO2. The maximum Gasteiger partial charge on any atom is 0.304 e. The van der Waals surface area contributed by atoms with Crippen molar-refractivity contribution in [2.24, 2.45) is 0 Å². The van der Waals surface area contributed by atoms with Gasteiger partial charge < -0.3 is 4.74 Å². The van der Waals surface area contributed by atoms with Crippen LogP contribution in [0, 0.1) is 11.8 Å². The summed E-state index contributed by atoms with van der Waals surface area (Å²) in [5.74, 6) is 6.00. The molecule has 0 unspecified atom stereocenters. The lowest BCUT2D eigenvalue weighted by molar-refractivity contribution is -0.152. The number of hydrogen-bond acceptors (Lipinski definition) is 3. The van der Waals surface area contributed by atoms with Gasteiger partial charge >= 0.3 is 5.97 Å². The third kappa shape index (κ3) is 5.74.